The molecular formula is C13H21N3O. The van der Waals surface area contributed by atoms with Crippen LogP contribution in [-0.4, -0.2) is 29.2 Å². The maximum Gasteiger partial charge on any atom is 0.144 e. The molecule has 0 aromatic carbocycles. The fraction of sp³-hybridized carbons (Fsp3) is 0.692. The Balaban J connectivity index is 1.56. The smallest absolute Gasteiger partial charge is 0.144 e. The number of nitrogens with zero attached hydrogens (tertiary/aromatic N) is 2. The number of hydrogen-bond donors (Lipinski definition) is 1. The largest absolute Gasteiger partial charge is 0.378 e. The first-order valence-corrected chi connectivity index (χ1v) is 6.49. The zero-order valence-corrected chi connectivity index (χ0v) is 10.5. The van der Waals surface area contributed by atoms with Gasteiger partial charge in [0.25, 0.3) is 0 Å². The minimum Gasteiger partial charge on any atom is -0.378 e. The van der Waals surface area contributed by atoms with Crippen LogP contribution in [0.2, 0.25) is 0 Å². The third-order valence-corrected chi connectivity index (χ3v) is 3.04. The van der Waals surface area contributed by atoms with Crippen molar-refractivity contribution in [2.75, 3.05) is 18.5 Å². The maximum atomic E-state index is 5.79. The minimum atomic E-state index is 0.522. The van der Waals surface area contributed by atoms with Crippen LogP contribution in [0.3, 0.4) is 0 Å². The lowest BCUT2D eigenvalue weighted by atomic mass is 10.3. The van der Waals surface area contributed by atoms with Crippen molar-refractivity contribution in [3.05, 3.63) is 18.1 Å². The van der Waals surface area contributed by atoms with Crippen molar-refractivity contribution in [2.24, 2.45) is 0 Å². The number of nitrogens with one attached hydrogen (secondary N) is 1. The number of aromatic nitrogens is 2. The number of anilines is 1. The Morgan fingerprint density at radius 1 is 1.35 bits per heavy atom. The van der Waals surface area contributed by atoms with E-state index in [4.69, 9.17) is 4.74 Å². The van der Waals surface area contributed by atoms with Crippen molar-refractivity contribution in [2.45, 2.75) is 45.1 Å². The van der Waals surface area contributed by atoms with Gasteiger partial charge in [0.05, 0.1) is 18.0 Å². The molecule has 1 aliphatic rings. The Morgan fingerprint density at radius 3 is 2.94 bits per heavy atom. The third-order valence-electron chi connectivity index (χ3n) is 3.04. The van der Waals surface area contributed by atoms with Crippen LogP contribution in [0, 0.1) is 6.92 Å². The summed E-state index contributed by atoms with van der Waals surface area (Å²) in [6.07, 6.45) is 10.2. The highest BCUT2D eigenvalue weighted by Gasteiger charge is 2.14. The Bertz CT molecular complexity index is 337. The molecule has 1 heterocycles. The summed E-state index contributed by atoms with van der Waals surface area (Å²) in [5.41, 5.74) is 0.942. The normalized spacial score (nSPS) is 16.3. The monoisotopic (exact) mass is 235 g/mol. The fourth-order valence-electron chi connectivity index (χ4n) is 2.14. The Hall–Kier alpha value is -1.16. The highest BCUT2D eigenvalue weighted by molar-refractivity contribution is 5.31. The maximum absolute atomic E-state index is 5.79. The molecule has 0 saturated heterocycles. The second-order valence-electron chi connectivity index (χ2n) is 4.60. The van der Waals surface area contributed by atoms with Gasteiger partial charge in [0.2, 0.25) is 0 Å². The fourth-order valence-corrected chi connectivity index (χ4v) is 2.14. The molecule has 4 heteroatoms. The summed E-state index contributed by atoms with van der Waals surface area (Å²) in [6.45, 7) is 3.68. The van der Waals surface area contributed by atoms with E-state index in [1.807, 2.05) is 6.92 Å². The SMILES string of the molecule is Cc1cncc(NCCCOC2CCCC2)n1. The van der Waals surface area contributed by atoms with Crippen LogP contribution in [0.5, 0.6) is 0 Å². The molecule has 1 saturated carbocycles. The molecule has 1 aromatic rings. The third kappa shape index (κ3) is 4.30. The molecule has 0 spiro atoms. The molecule has 1 aromatic heterocycles. The van der Waals surface area contributed by atoms with Crippen LogP contribution >= 0.6 is 0 Å². The van der Waals surface area contributed by atoms with Crippen molar-refractivity contribution in [3.63, 3.8) is 0 Å². The van der Waals surface area contributed by atoms with Crippen LogP contribution in [-0.2, 0) is 4.74 Å². The predicted molar refractivity (Wildman–Crippen MR) is 68.1 cm³/mol. The zero-order valence-electron chi connectivity index (χ0n) is 10.5. The first kappa shape index (κ1) is 12.3. The lowest BCUT2D eigenvalue weighted by Crippen LogP contribution is -2.12. The summed E-state index contributed by atoms with van der Waals surface area (Å²) in [4.78, 5) is 8.42. The number of aryl methyl sites for hydroxylation is 1. The molecule has 94 valence electrons. The summed E-state index contributed by atoms with van der Waals surface area (Å²) in [7, 11) is 0. The highest BCUT2D eigenvalue weighted by Crippen LogP contribution is 2.20. The van der Waals surface area contributed by atoms with Crippen LogP contribution in [0.4, 0.5) is 5.82 Å². The van der Waals surface area contributed by atoms with Crippen LogP contribution in [0.15, 0.2) is 12.4 Å². The second kappa shape index (κ2) is 6.55. The summed E-state index contributed by atoms with van der Waals surface area (Å²) < 4.78 is 5.79. The summed E-state index contributed by atoms with van der Waals surface area (Å²) >= 11 is 0. The molecule has 1 fully saturated rings. The second-order valence-corrected chi connectivity index (χ2v) is 4.60. The van der Waals surface area contributed by atoms with E-state index in [-0.39, 0.29) is 0 Å². The average molecular weight is 235 g/mol. The van der Waals surface area contributed by atoms with Crippen molar-refractivity contribution in [1.82, 2.24) is 9.97 Å². The molecule has 0 unspecified atom stereocenters. The Kier molecular flexibility index (Phi) is 4.74. The Labute approximate surface area is 103 Å². The van der Waals surface area contributed by atoms with Gasteiger partial charge in [-0.3, -0.25) is 4.98 Å². The van der Waals surface area contributed by atoms with Gasteiger partial charge in [-0.2, -0.15) is 0 Å². The van der Waals surface area contributed by atoms with E-state index in [0.29, 0.717) is 6.10 Å². The van der Waals surface area contributed by atoms with E-state index >= 15 is 0 Å². The van der Waals surface area contributed by atoms with Gasteiger partial charge in [0, 0.05) is 19.3 Å². The summed E-state index contributed by atoms with van der Waals surface area (Å²) in [5, 5.41) is 3.26. The van der Waals surface area contributed by atoms with Crippen molar-refractivity contribution < 1.29 is 4.74 Å². The van der Waals surface area contributed by atoms with Crippen LogP contribution in [0.25, 0.3) is 0 Å². The van der Waals surface area contributed by atoms with Crippen molar-refractivity contribution in [3.8, 4) is 0 Å². The molecule has 0 amide bonds. The molecule has 1 N–H and O–H groups in total. The standard InChI is InChI=1S/C13H21N3O/c1-11-9-14-10-13(16-11)15-7-4-8-17-12-5-2-3-6-12/h9-10,12H,2-8H2,1H3,(H,15,16). The lowest BCUT2D eigenvalue weighted by molar-refractivity contribution is 0.0583. The molecule has 0 atom stereocenters. The Morgan fingerprint density at radius 2 is 2.18 bits per heavy atom. The van der Waals surface area contributed by atoms with E-state index in [1.54, 1.807) is 12.4 Å². The molecule has 17 heavy (non-hydrogen) atoms. The van der Waals surface area contributed by atoms with Gasteiger partial charge < -0.3 is 10.1 Å². The van der Waals surface area contributed by atoms with E-state index in [1.165, 1.54) is 25.7 Å². The number of ether oxygens (including phenoxy) is 1. The minimum absolute atomic E-state index is 0.522. The molecule has 0 radical (unpaired) electrons. The van der Waals surface area contributed by atoms with Crippen molar-refractivity contribution >= 4 is 5.82 Å². The molecule has 4 nitrogen and oxygen atoms in total. The summed E-state index contributed by atoms with van der Waals surface area (Å²) in [6, 6.07) is 0. The van der Waals surface area contributed by atoms with Crippen LogP contribution in [0.1, 0.15) is 37.8 Å². The van der Waals surface area contributed by atoms with Gasteiger partial charge >= 0.3 is 0 Å². The topological polar surface area (TPSA) is 47.0 Å². The van der Waals surface area contributed by atoms with Gasteiger partial charge in [-0.25, -0.2) is 4.98 Å². The zero-order chi connectivity index (χ0) is 11.9. The van der Waals surface area contributed by atoms with Gasteiger partial charge in [0.15, 0.2) is 0 Å². The van der Waals surface area contributed by atoms with E-state index in [2.05, 4.69) is 15.3 Å². The van der Waals surface area contributed by atoms with E-state index < -0.39 is 0 Å². The van der Waals surface area contributed by atoms with Crippen LogP contribution < -0.4 is 5.32 Å². The first-order chi connectivity index (χ1) is 8.34. The van der Waals surface area contributed by atoms with Gasteiger partial charge in [-0.15, -0.1) is 0 Å². The quantitative estimate of drug-likeness (QED) is 0.770. The number of hydrogen-bond acceptors (Lipinski definition) is 4. The molecule has 1 aliphatic carbocycles. The molecular weight excluding hydrogens is 214 g/mol. The molecule has 2 rings (SSSR count). The van der Waals surface area contributed by atoms with Gasteiger partial charge in [-0.1, -0.05) is 12.8 Å². The van der Waals surface area contributed by atoms with E-state index in [0.717, 1.165) is 31.1 Å². The molecule has 0 aliphatic heterocycles. The van der Waals surface area contributed by atoms with Gasteiger partial charge in [0.1, 0.15) is 5.82 Å². The van der Waals surface area contributed by atoms with Gasteiger partial charge in [-0.05, 0) is 26.2 Å². The lowest BCUT2D eigenvalue weighted by Gasteiger charge is -2.11. The van der Waals surface area contributed by atoms with E-state index in [9.17, 15) is 0 Å². The molecule has 0 bridgehead atoms. The predicted octanol–water partition coefficient (Wildman–Crippen LogP) is 2.55. The number of rotatable bonds is 6. The average Bonchev–Trinajstić information content (AvgIpc) is 2.82. The summed E-state index contributed by atoms with van der Waals surface area (Å²) in [5.74, 6) is 0.853. The first-order valence-electron chi connectivity index (χ1n) is 6.49. The highest BCUT2D eigenvalue weighted by atomic mass is 16.5. The van der Waals surface area contributed by atoms with Crippen molar-refractivity contribution in [1.29, 1.82) is 0 Å².